The van der Waals surface area contributed by atoms with Crippen molar-refractivity contribution in [3.8, 4) is 0 Å². The van der Waals surface area contributed by atoms with Crippen LogP contribution in [0.1, 0.15) is 31.9 Å². The Morgan fingerprint density at radius 1 is 1.03 bits per heavy atom. The lowest BCUT2D eigenvalue weighted by Gasteiger charge is -2.29. The van der Waals surface area contributed by atoms with Gasteiger partial charge in [0.05, 0.1) is 5.75 Å². The Morgan fingerprint density at radius 3 is 2.21 bits per heavy atom. The Hall–Kier alpha value is -2.05. The Kier molecular flexibility index (Phi) is 8.99. The van der Waals surface area contributed by atoms with Gasteiger partial charge in [-0.05, 0) is 56.2 Å². The van der Waals surface area contributed by atoms with E-state index in [1.165, 1.54) is 23.9 Å². The van der Waals surface area contributed by atoms with E-state index in [1.54, 1.807) is 36.1 Å². The van der Waals surface area contributed by atoms with Crippen molar-refractivity contribution in [1.29, 1.82) is 0 Å². The maximum Gasteiger partial charge on any atom is 0.242 e. The third-order valence-corrected chi connectivity index (χ3v) is 5.51. The number of rotatable bonds is 9. The molecule has 0 saturated carbocycles. The van der Waals surface area contributed by atoms with E-state index >= 15 is 0 Å². The fourth-order valence-corrected chi connectivity index (χ4v) is 3.69. The van der Waals surface area contributed by atoms with Crippen LogP contribution in [0.5, 0.6) is 0 Å². The standard InChI is InChI=1S/C22H26ClFN2O2S/c1-15(2)25-22(28)16(3)26(12-17-4-8-19(23)9-5-17)21(27)14-29-13-18-6-10-20(24)11-7-18/h4-11,15-16H,12-14H2,1-3H3,(H,25,28)/t16-/m1/s1. The van der Waals surface area contributed by atoms with Crippen LogP contribution in [0.25, 0.3) is 0 Å². The summed E-state index contributed by atoms with van der Waals surface area (Å²) in [6.45, 7) is 5.82. The summed E-state index contributed by atoms with van der Waals surface area (Å²) in [5, 5.41) is 3.48. The summed E-state index contributed by atoms with van der Waals surface area (Å²) in [4.78, 5) is 27.0. The molecule has 0 aliphatic rings. The highest BCUT2D eigenvalue weighted by Gasteiger charge is 2.26. The highest BCUT2D eigenvalue weighted by Crippen LogP contribution is 2.17. The topological polar surface area (TPSA) is 49.4 Å². The first kappa shape index (κ1) is 23.2. The highest BCUT2D eigenvalue weighted by atomic mass is 35.5. The Morgan fingerprint density at radius 2 is 1.62 bits per heavy atom. The van der Waals surface area contributed by atoms with E-state index in [0.717, 1.165) is 11.1 Å². The van der Waals surface area contributed by atoms with Crippen LogP contribution in [0.2, 0.25) is 5.02 Å². The van der Waals surface area contributed by atoms with Crippen molar-refractivity contribution in [2.75, 3.05) is 5.75 Å². The highest BCUT2D eigenvalue weighted by molar-refractivity contribution is 7.99. The minimum absolute atomic E-state index is 0.00900. The number of carbonyl (C=O) groups is 2. The summed E-state index contributed by atoms with van der Waals surface area (Å²) in [5.74, 6) is 0.218. The third kappa shape index (κ3) is 7.71. The first-order valence-corrected chi connectivity index (χ1v) is 11.0. The molecule has 0 saturated heterocycles. The van der Waals surface area contributed by atoms with E-state index < -0.39 is 6.04 Å². The molecule has 2 aromatic carbocycles. The molecule has 156 valence electrons. The number of thioether (sulfide) groups is 1. The summed E-state index contributed by atoms with van der Waals surface area (Å²) in [6, 6.07) is 12.8. The normalized spacial score (nSPS) is 11.9. The zero-order valence-corrected chi connectivity index (χ0v) is 18.4. The van der Waals surface area contributed by atoms with Gasteiger partial charge in [-0.3, -0.25) is 9.59 Å². The molecule has 0 spiro atoms. The first-order valence-electron chi connectivity index (χ1n) is 9.42. The predicted octanol–water partition coefficient (Wildman–Crippen LogP) is 4.65. The average Bonchev–Trinajstić information content (AvgIpc) is 2.68. The summed E-state index contributed by atoms with van der Waals surface area (Å²) in [6.07, 6.45) is 0. The van der Waals surface area contributed by atoms with E-state index in [-0.39, 0.29) is 29.4 Å². The maximum absolute atomic E-state index is 13.0. The van der Waals surface area contributed by atoms with Crippen LogP contribution >= 0.6 is 23.4 Å². The van der Waals surface area contributed by atoms with Gasteiger partial charge in [0, 0.05) is 23.4 Å². The molecule has 0 radical (unpaired) electrons. The van der Waals surface area contributed by atoms with Gasteiger partial charge in [0.25, 0.3) is 0 Å². The summed E-state index contributed by atoms with van der Waals surface area (Å²) in [5.41, 5.74) is 1.84. The van der Waals surface area contributed by atoms with Gasteiger partial charge < -0.3 is 10.2 Å². The molecule has 29 heavy (non-hydrogen) atoms. The quantitative estimate of drug-likeness (QED) is 0.622. The molecule has 7 heteroatoms. The fraction of sp³-hybridized carbons (Fsp3) is 0.364. The van der Waals surface area contributed by atoms with Crippen molar-refractivity contribution in [2.45, 2.75) is 45.2 Å². The zero-order valence-electron chi connectivity index (χ0n) is 16.8. The van der Waals surface area contributed by atoms with Gasteiger partial charge in [0.2, 0.25) is 11.8 Å². The minimum atomic E-state index is -0.605. The number of halogens is 2. The van der Waals surface area contributed by atoms with Gasteiger partial charge in [-0.2, -0.15) is 0 Å². The van der Waals surface area contributed by atoms with Crippen LogP contribution < -0.4 is 5.32 Å². The van der Waals surface area contributed by atoms with Gasteiger partial charge >= 0.3 is 0 Å². The lowest BCUT2D eigenvalue weighted by Crippen LogP contribution is -2.49. The second-order valence-electron chi connectivity index (χ2n) is 7.11. The maximum atomic E-state index is 13.0. The molecule has 0 aromatic heterocycles. The molecule has 1 atom stereocenters. The minimum Gasteiger partial charge on any atom is -0.352 e. The van der Waals surface area contributed by atoms with Crippen LogP contribution in [-0.2, 0) is 21.9 Å². The average molecular weight is 437 g/mol. The molecule has 0 heterocycles. The predicted molar refractivity (Wildman–Crippen MR) is 117 cm³/mol. The molecule has 1 N–H and O–H groups in total. The van der Waals surface area contributed by atoms with E-state index in [0.29, 0.717) is 17.3 Å². The van der Waals surface area contributed by atoms with E-state index in [9.17, 15) is 14.0 Å². The third-order valence-electron chi connectivity index (χ3n) is 4.27. The van der Waals surface area contributed by atoms with Crippen molar-refractivity contribution < 1.29 is 14.0 Å². The summed E-state index contributed by atoms with van der Waals surface area (Å²) < 4.78 is 13.0. The van der Waals surface area contributed by atoms with E-state index in [1.807, 2.05) is 26.0 Å². The second kappa shape index (κ2) is 11.2. The van der Waals surface area contributed by atoms with Crippen LogP contribution in [0.4, 0.5) is 4.39 Å². The fourth-order valence-electron chi connectivity index (χ4n) is 2.69. The molecule has 2 aromatic rings. The van der Waals surface area contributed by atoms with Crippen molar-refractivity contribution in [1.82, 2.24) is 10.2 Å². The van der Waals surface area contributed by atoms with E-state index in [4.69, 9.17) is 11.6 Å². The van der Waals surface area contributed by atoms with E-state index in [2.05, 4.69) is 5.32 Å². The Balaban J connectivity index is 2.05. The number of nitrogens with one attached hydrogen (secondary N) is 1. The Labute approximate surface area is 180 Å². The molecule has 2 rings (SSSR count). The molecule has 0 aliphatic carbocycles. The molecular formula is C22H26ClFN2O2S. The summed E-state index contributed by atoms with van der Waals surface area (Å²) in [7, 11) is 0. The first-order chi connectivity index (χ1) is 13.8. The van der Waals surface area contributed by atoms with Gasteiger partial charge in [-0.15, -0.1) is 11.8 Å². The molecule has 4 nitrogen and oxygen atoms in total. The monoisotopic (exact) mass is 436 g/mol. The van der Waals surface area contributed by atoms with Crippen molar-refractivity contribution in [3.63, 3.8) is 0 Å². The number of nitrogens with zero attached hydrogens (tertiary/aromatic N) is 1. The molecule has 0 unspecified atom stereocenters. The summed E-state index contributed by atoms with van der Waals surface area (Å²) >= 11 is 7.38. The van der Waals surface area contributed by atoms with Crippen molar-refractivity contribution >= 4 is 35.2 Å². The smallest absolute Gasteiger partial charge is 0.242 e. The number of carbonyl (C=O) groups excluding carboxylic acids is 2. The lowest BCUT2D eigenvalue weighted by atomic mass is 10.1. The molecular weight excluding hydrogens is 411 g/mol. The number of benzene rings is 2. The van der Waals surface area contributed by atoms with Crippen molar-refractivity contribution in [2.24, 2.45) is 0 Å². The SMILES string of the molecule is CC(C)NC(=O)[C@@H](C)N(Cc1ccc(Cl)cc1)C(=O)CSCc1ccc(F)cc1. The van der Waals surface area contributed by atoms with Crippen LogP contribution in [-0.4, -0.2) is 34.6 Å². The van der Waals surface area contributed by atoms with Crippen LogP contribution in [0.15, 0.2) is 48.5 Å². The van der Waals surface area contributed by atoms with Crippen LogP contribution in [0.3, 0.4) is 0 Å². The molecule has 0 aliphatic heterocycles. The second-order valence-corrected chi connectivity index (χ2v) is 8.53. The largest absolute Gasteiger partial charge is 0.352 e. The molecule has 0 fully saturated rings. The van der Waals surface area contributed by atoms with Gasteiger partial charge in [0.15, 0.2) is 0 Å². The Bertz CT molecular complexity index is 813. The zero-order chi connectivity index (χ0) is 21.4. The van der Waals surface area contributed by atoms with Crippen LogP contribution in [0, 0.1) is 5.82 Å². The van der Waals surface area contributed by atoms with Gasteiger partial charge in [0.1, 0.15) is 11.9 Å². The number of amides is 2. The number of hydrogen-bond acceptors (Lipinski definition) is 3. The molecule has 0 bridgehead atoms. The molecule has 2 amide bonds. The van der Waals surface area contributed by atoms with Gasteiger partial charge in [-0.25, -0.2) is 4.39 Å². The van der Waals surface area contributed by atoms with Gasteiger partial charge in [-0.1, -0.05) is 35.9 Å². The lowest BCUT2D eigenvalue weighted by molar-refractivity contribution is -0.138. The number of hydrogen-bond donors (Lipinski definition) is 1. The van der Waals surface area contributed by atoms with Crippen molar-refractivity contribution in [3.05, 3.63) is 70.5 Å².